The van der Waals surface area contributed by atoms with Crippen LogP contribution >= 0.6 is 23.7 Å². The highest BCUT2D eigenvalue weighted by Crippen LogP contribution is 2.22. The van der Waals surface area contributed by atoms with Crippen LogP contribution in [0, 0.1) is 31.6 Å². The van der Waals surface area contributed by atoms with E-state index in [2.05, 4.69) is 42.2 Å². The number of pyridine rings is 2. The van der Waals surface area contributed by atoms with Gasteiger partial charge < -0.3 is 20.7 Å². The predicted molar refractivity (Wildman–Crippen MR) is 225 cm³/mol. The van der Waals surface area contributed by atoms with Crippen molar-refractivity contribution in [1.82, 2.24) is 25.9 Å². The Labute approximate surface area is 340 Å². The number of aryl methyl sites for hydroxylation is 2. The smallest absolute Gasteiger partial charge is 0.249 e. The zero-order chi connectivity index (χ0) is 41.9. The van der Waals surface area contributed by atoms with Gasteiger partial charge in [-0.1, -0.05) is 39.8 Å². The Morgan fingerprint density at radius 2 is 1.57 bits per heavy atom. The third-order valence-corrected chi connectivity index (χ3v) is 10.2. The molecule has 0 aromatic carbocycles. The lowest BCUT2D eigenvalue weighted by Gasteiger charge is -1.90. The van der Waals surface area contributed by atoms with Crippen LogP contribution in [0.2, 0.25) is 0 Å². The first-order valence-electron chi connectivity index (χ1n) is 18.6. The summed E-state index contributed by atoms with van der Waals surface area (Å²) in [6.45, 7) is 18.6. The highest BCUT2D eigenvalue weighted by atomic mass is 32.2. The van der Waals surface area contributed by atoms with Gasteiger partial charge in [-0.15, -0.1) is 0 Å². The second-order valence-electron chi connectivity index (χ2n) is 13.6. The van der Waals surface area contributed by atoms with E-state index in [1.54, 1.807) is 38.0 Å². The Morgan fingerprint density at radius 1 is 0.821 bits per heavy atom. The Kier molecular flexibility index (Phi) is 26.0. The van der Waals surface area contributed by atoms with Gasteiger partial charge >= 0.3 is 0 Å². The Morgan fingerprint density at radius 3 is 1.75 bits per heavy atom. The molecular formula is C40H59N7O7S2. The minimum absolute atomic E-state index is 0.0139. The molecule has 0 radical (unpaired) electrons. The lowest BCUT2D eigenvalue weighted by Crippen LogP contribution is -2.21. The number of aromatic nitrogens is 2. The monoisotopic (exact) mass is 813 g/mol. The molecule has 8 rings (SSSR count). The molecule has 6 aliphatic rings. The second kappa shape index (κ2) is 29.2. The summed E-state index contributed by atoms with van der Waals surface area (Å²) in [6.07, 6.45) is 8.62. The molecule has 4 saturated heterocycles. The maximum absolute atomic E-state index is 10.5. The van der Waals surface area contributed by atoms with Gasteiger partial charge in [0.25, 0.3) is 0 Å². The van der Waals surface area contributed by atoms with E-state index in [1.165, 1.54) is 23.8 Å². The fraction of sp³-hybridized carbons (Fsp3) is 0.550. The van der Waals surface area contributed by atoms with Crippen molar-refractivity contribution in [2.75, 3.05) is 44.4 Å². The summed E-state index contributed by atoms with van der Waals surface area (Å²) in [5.74, 6) is 3.34. The van der Waals surface area contributed by atoms with Crippen molar-refractivity contribution in [2.24, 2.45) is 27.1 Å². The molecule has 16 heteroatoms. The van der Waals surface area contributed by atoms with Crippen molar-refractivity contribution >= 4 is 70.7 Å². The maximum atomic E-state index is 10.5. The van der Waals surface area contributed by atoms with Crippen LogP contribution in [-0.2, 0) is 33.5 Å². The third-order valence-electron chi connectivity index (χ3n) is 8.14. The van der Waals surface area contributed by atoms with Gasteiger partial charge in [0.05, 0.1) is 36.7 Å². The first-order valence-corrected chi connectivity index (χ1v) is 20.6. The van der Waals surface area contributed by atoms with E-state index in [0.29, 0.717) is 48.0 Å². The van der Waals surface area contributed by atoms with Crippen LogP contribution in [0.3, 0.4) is 0 Å². The molecule has 2 aromatic rings. The first kappa shape index (κ1) is 49.9. The SMILES string of the molecule is CC1=NSCC1=O.CC1CC(=O)CS1.CC1CCNC1=O.CC1CNCC1=O.CC1COCC1=O.CC1N=CNC1=O.Cc1ccccn1.Cc1cccnc1. The average molecular weight is 814 g/mol. The lowest BCUT2D eigenvalue weighted by atomic mass is 10.1. The lowest BCUT2D eigenvalue weighted by molar-refractivity contribution is -0.122. The minimum Gasteiger partial charge on any atom is -0.373 e. The summed E-state index contributed by atoms with van der Waals surface area (Å²) in [5.41, 5.74) is 2.94. The standard InChI is InChI=1S/2C6H7N.2C5H9NO.C5H8O2.C5H8OS.C4H6N2O.C4H5NOS/c1-6-3-2-4-7-5-6;1-6-4-2-3-5-7-6;1-4-2-6-3-5(4)7;1-4-2-3-6-5(4)7;1-4-2-7-3-5(4)6;1-4-2-5(6)3-7-4;1-3-4(7)6-2-5-3;1-3-4(6)2-7-5-3/h2*2-5H,1H3;4,6H,2-3H2,1H3;4H,2-3H2,1H3,(H,6,7);2*4H,2-3H2,1H3;2-3H,1H3,(H,5,6,7);2H2,1H3. The zero-order valence-corrected chi connectivity index (χ0v) is 35.5. The predicted octanol–water partition coefficient (Wildman–Crippen LogP) is 4.23. The van der Waals surface area contributed by atoms with Crippen LogP contribution in [0.1, 0.15) is 65.6 Å². The summed E-state index contributed by atoms with van der Waals surface area (Å²) in [7, 11) is 0. The number of ether oxygens (including phenoxy) is 1. The second-order valence-corrected chi connectivity index (χ2v) is 15.7. The topological polar surface area (TPSA) is 198 Å². The summed E-state index contributed by atoms with van der Waals surface area (Å²) in [6, 6.07) is 9.64. The first-order chi connectivity index (χ1) is 26.6. The number of rotatable bonds is 0. The fourth-order valence-corrected chi connectivity index (χ4v) is 5.88. The van der Waals surface area contributed by atoms with Crippen molar-refractivity contribution in [1.29, 1.82) is 0 Å². The number of carbonyl (C=O) groups excluding carboxylic acids is 6. The number of hydrogen-bond acceptors (Lipinski definition) is 14. The van der Waals surface area contributed by atoms with Crippen molar-refractivity contribution in [3.63, 3.8) is 0 Å². The number of nitrogens with zero attached hydrogens (tertiary/aromatic N) is 4. The largest absolute Gasteiger partial charge is 0.373 e. The summed E-state index contributed by atoms with van der Waals surface area (Å²) in [5, 5.41) is 8.73. The Balaban J connectivity index is 0.000000320. The zero-order valence-electron chi connectivity index (χ0n) is 33.9. The molecule has 56 heavy (non-hydrogen) atoms. The molecule has 2 amide bonds. The van der Waals surface area contributed by atoms with Crippen LogP contribution in [0.4, 0.5) is 0 Å². The maximum Gasteiger partial charge on any atom is 0.249 e. The van der Waals surface area contributed by atoms with Crippen molar-refractivity contribution < 1.29 is 33.5 Å². The molecular weight excluding hydrogens is 755 g/mol. The van der Waals surface area contributed by atoms with E-state index in [-0.39, 0.29) is 47.2 Å². The van der Waals surface area contributed by atoms with Crippen molar-refractivity contribution in [3.05, 3.63) is 60.2 Å². The van der Waals surface area contributed by atoms with Gasteiger partial charge in [-0.25, -0.2) is 4.40 Å². The van der Waals surface area contributed by atoms with Crippen LogP contribution in [-0.4, -0.2) is 113 Å². The number of ketones is 4. The molecule has 2 aromatic heterocycles. The van der Waals surface area contributed by atoms with Crippen LogP contribution < -0.4 is 16.0 Å². The van der Waals surface area contributed by atoms with E-state index in [9.17, 15) is 28.8 Å². The number of thioether (sulfide) groups is 1. The third kappa shape index (κ3) is 23.7. The summed E-state index contributed by atoms with van der Waals surface area (Å²) >= 11 is 3.08. The molecule has 0 saturated carbocycles. The molecule has 0 spiro atoms. The van der Waals surface area contributed by atoms with Crippen molar-refractivity contribution in [3.8, 4) is 0 Å². The van der Waals surface area contributed by atoms with Gasteiger partial charge in [0.15, 0.2) is 17.3 Å². The molecule has 4 fully saturated rings. The Hall–Kier alpha value is -4.12. The highest BCUT2D eigenvalue weighted by Gasteiger charge is 2.20. The molecule has 5 unspecified atom stereocenters. The number of hydrogen-bond donors (Lipinski definition) is 3. The van der Waals surface area contributed by atoms with Gasteiger partial charge in [0.1, 0.15) is 18.4 Å². The number of Topliss-reactive ketones (excluding diaryl/α,β-unsaturated/α-hetero) is 4. The molecule has 308 valence electrons. The summed E-state index contributed by atoms with van der Waals surface area (Å²) in [4.78, 5) is 74.2. The van der Waals surface area contributed by atoms with Gasteiger partial charge in [-0.05, 0) is 69.8 Å². The van der Waals surface area contributed by atoms with E-state index in [4.69, 9.17) is 4.74 Å². The quantitative estimate of drug-likeness (QED) is 0.321. The van der Waals surface area contributed by atoms with Crippen LogP contribution in [0.15, 0.2) is 58.3 Å². The molecule has 14 nitrogen and oxygen atoms in total. The Bertz CT molecular complexity index is 1480. The number of aliphatic imine (C=N–C) groups is 1. The molecule has 6 aliphatic heterocycles. The van der Waals surface area contributed by atoms with E-state index >= 15 is 0 Å². The van der Waals surface area contributed by atoms with E-state index in [0.717, 1.165) is 37.4 Å². The fourth-order valence-electron chi connectivity index (χ4n) is 4.30. The van der Waals surface area contributed by atoms with Crippen LogP contribution in [0.25, 0.3) is 0 Å². The molecule has 5 atom stereocenters. The molecule has 8 heterocycles. The normalized spacial score (nSPS) is 23.9. The minimum atomic E-state index is -0.167. The van der Waals surface area contributed by atoms with Gasteiger partial charge in [0.2, 0.25) is 11.8 Å². The van der Waals surface area contributed by atoms with Gasteiger partial charge in [-0.3, -0.25) is 43.7 Å². The molecule has 0 aliphatic carbocycles. The van der Waals surface area contributed by atoms with Crippen LogP contribution in [0.5, 0.6) is 0 Å². The summed E-state index contributed by atoms with van der Waals surface area (Å²) < 4.78 is 8.62. The van der Waals surface area contributed by atoms with E-state index in [1.807, 2.05) is 71.1 Å². The number of amides is 2. The number of nitrogens with one attached hydrogen (secondary N) is 3. The molecule has 0 bridgehead atoms. The van der Waals surface area contributed by atoms with Gasteiger partial charge in [0, 0.05) is 66.8 Å². The van der Waals surface area contributed by atoms with Crippen molar-refractivity contribution in [2.45, 2.75) is 79.5 Å². The average Bonchev–Trinajstić information content (AvgIpc) is 4.06. The molecule has 3 N–H and O–H groups in total. The van der Waals surface area contributed by atoms with Gasteiger partial charge in [-0.2, -0.15) is 11.8 Å². The highest BCUT2D eigenvalue weighted by molar-refractivity contribution is 8.01. The number of carbonyl (C=O) groups is 6. The van der Waals surface area contributed by atoms with E-state index < -0.39 is 0 Å².